The molecule has 1 aromatic carbocycles. The number of urea groups is 1. The lowest BCUT2D eigenvalue weighted by Gasteiger charge is -2.33. The average Bonchev–Trinajstić information content (AvgIpc) is 3.27. The van der Waals surface area contributed by atoms with Crippen LogP contribution in [0.1, 0.15) is 19.4 Å². The van der Waals surface area contributed by atoms with Crippen molar-refractivity contribution >= 4 is 23.4 Å². The number of allylic oxidation sites excluding steroid dienone is 2. The number of anilines is 2. The second-order valence-corrected chi connectivity index (χ2v) is 7.61. The maximum atomic E-state index is 14.7. The molecule has 2 heterocycles. The molecule has 2 unspecified atom stereocenters. The molecular weight excluding hydrogens is 430 g/mol. The molecule has 11 heteroatoms. The summed E-state index contributed by atoms with van der Waals surface area (Å²) in [6.45, 7) is 4.14. The molecule has 172 valence electrons. The summed E-state index contributed by atoms with van der Waals surface area (Å²) in [5.74, 6) is -1.68. The number of nitrogens with zero attached hydrogens (tertiary/aromatic N) is 3. The van der Waals surface area contributed by atoms with Crippen molar-refractivity contribution in [1.82, 2.24) is 26.4 Å². The zero-order valence-corrected chi connectivity index (χ0v) is 18.1. The summed E-state index contributed by atoms with van der Waals surface area (Å²) in [7, 11) is 0. The molecule has 33 heavy (non-hydrogen) atoms. The number of nitrogens with two attached hydrogens (primary N) is 1. The Bertz CT molecular complexity index is 1150. The largest absolute Gasteiger partial charge is 0.383 e. The van der Waals surface area contributed by atoms with E-state index < -0.39 is 17.7 Å². The van der Waals surface area contributed by atoms with Gasteiger partial charge in [0.2, 0.25) is 0 Å². The van der Waals surface area contributed by atoms with Crippen LogP contribution in [0, 0.1) is 5.92 Å². The number of rotatable bonds is 5. The third-order valence-electron chi connectivity index (χ3n) is 5.34. The third kappa shape index (κ3) is 4.48. The Morgan fingerprint density at radius 1 is 1.24 bits per heavy atom. The van der Waals surface area contributed by atoms with E-state index in [1.54, 1.807) is 37.4 Å². The van der Waals surface area contributed by atoms with Gasteiger partial charge in [-0.2, -0.15) is 0 Å². The number of carbonyl (C=O) groups excluding carboxylic acids is 1. The van der Waals surface area contributed by atoms with Crippen molar-refractivity contribution < 1.29 is 13.6 Å². The molecule has 1 aliphatic carbocycles. The number of hydrogen-bond donors (Lipinski definition) is 5. The first kappa shape index (κ1) is 22.2. The molecule has 1 aromatic heterocycles. The first-order valence-electron chi connectivity index (χ1n) is 10.4. The molecule has 9 nitrogen and oxygen atoms in total. The van der Waals surface area contributed by atoms with E-state index in [-0.39, 0.29) is 23.6 Å². The normalized spacial score (nSPS) is 19.9. The smallest absolute Gasteiger partial charge is 0.319 e. The summed E-state index contributed by atoms with van der Waals surface area (Å²) in [5.41, 5.74) is 14.1. The Kier molecular flexibility index (Phi) is 6.22. The van der Waals surface area contributed by atoms with Crippen LogP contribution in [0.3, 0.4) is 0 Å². The van der Waals surface area contributed by atoms with E-state index in [1.165, 1.54) is 5.01 Å². The van der Waals surface area contributed by atoms with Crippen molar-refractivity contribution in [3.05, 3.63) is 65.9 Å². The summed E-state index contributed by atoms with van der Waals surface area (Å²) >= 11 is 0. The number of aromatic nitrogens is 1. The third-order valence-corrected chi connectivity index (χ3v) is 5.34. The quantitative estimate of drug-likeness (QED) is 0.473. The summed E-state index contributed by atoms with van der Waals surface area (Å²) in [4.78, 5) is 16.0. The van der Waals surface area contributed by atoms with Gasteiger partial charge in [0.15, 0.2) is 17.5 Å². The Labute approximate surface area is 189 Å². The topological polar surface area (TPSA) is 120 Å². The molecule has 2 amide bonds. The van der Waals surface area contributed by atoms with E-state index in [0.717, 1.165) is 17.2 Å². The number of pyridine rings is 1. The number of hydrazine groups is 2. The van der Waals surface area contributed by atoms with Crippen molar-refractivity contribution in [2.24, 2.45) is 11.0 Å². The van der Waals surface area contributed by atoms with Crippen LogP contribution in [0.5, 0.6) is 0 Å². The average molecular weight is 454 g/mol. The molecule has 0 saturated heterocycles. The van der Waals surface area contributed by atoms with Gasteiger partial charge in [-0.25, -0.2) is 24.1 Å². The van der Waals surface area contributed by atoms with Crippen LogP contribution in [-0.2, 0) is 0 Å². The van der Waals surface area contributed by atoms with Crippen LogP contribution in [0.15, 0.2) is 65.4 Å². The molecule has 1 aliphatic heterocycles. The molecule has 6 N–H and O–H groups in total. The number of halogens is 2. The van der Waals surface area contributed by atoms with Crippen LogP contribution in [0.25, 0.3) is 11.1 Å². The van der Waals surface area contributed by atoms with Crippen molar-refractivity contribution in [1.29, 1.82) is 0 Å². The minimum atomic E-state index is -0.952. The molecular formula is C22H24F2N8O. The van der Waals surface area contributed by atoms with Gasteiger partial charge >= 0.3 is 6.03 Å². The van der Waals surface area contributed by atoms with Crippen LogP contribution in [-0.4, -0.2) is 34.4 Å². The van der Waals surface area contributed by atoms with Crippen molar-refractivity contribution in [3.63, 3.8) is 0 Å². The van der Waals surface area contributed by atoms with Gasteiger partial charge in [-0.1, -0.05) is 25.1 Å². The van der Waals surface area contributed by atoms with Gasteiger partial charge in [0.05, 0.1) is 5.56 Å². The Hall–Kier alpha value is -3.99. The molecule has 0 saturated carbocycles. The lowest BCUT2D eigenvalue weighted by Crippen LogP contribution is -2.51. The van der Waals surface area contributed by atoms with Gasteiger partial charge in [-0.15, -0.1) is 10.6 Å². The molecule has 2 atom stereocenters. The number of amidine groups is 1. The minimum Gasteiger partial charge on any atom is -0.383 e. The van der Waals surface area contributed by atoms with Crippen LogP contribution < -0.4 is 27.4 Å². The van der Waals surface area contributed by atoms with Crippen LogP contribution >= 0.6 is 0 Å². The highest BCUT2D eigenvalue weighted by molar-refractivity contribution is 6.04. The van der Waals surface area contributed by atoms with E-state index in [2.05, 4.69) is 31.8 Å². The monoisotopic (exact) mass is 454 g/mol. The van der Waals surface area contributed by atoms with Crippen molar-refractivity contribution in [2.75, 3.05) is 17.6 Å². The molecule has 2 aromatic rings. The number of hydrazone groups is 1. The maximum absolute atomic E-state index is 14.7. The summed E-state index contributed by atoms with van der Waals surface area (Å²) in [5, 5.41) is 11.0. The van der Waals surface area contributed by atoms with Gasteiger partial charge in [0, 0.05) is 29.9 Å². The Morgan fingerprint density at radius 2 is 2.00 bits per heavy atom. The first-order valence-corrected chi connectivity index (χ1v) is 10.4. The van der Waals surface area contributed by atoms with Crippen molar-refractivity contribution in [3.8, 4) is 11.1 Å². The van der Waals surface area contributed by atoms with E-state index in [0.29, 0.717) is 17.8 Å². The van der Waals surface area contributed by atoms with E-state index in [4.69, 9.17) is 5.73 Å². The maximum Gasteiger partial charge on any atom is 0.319 e. The summed E-state index contributed by atoms with van der Waals surface area (Å²) in [6, 6.07) is 7.72. The first-order chi connectivity index (χ1) is 15.9. The molecule has 2 aliphatic rings. The van der Waals surface area contributed by atoms with Crippen LogP contribution in [0.4, 0.5) is 25.1 Å². The van der Waals surface area contributed by atoms with Crippen molar-refractivity contribution in [2.45, 2.75) is 19.9 Å². The summed E-state index contributed by atoms with van der Waals surface area (Å²) < 4.78 is 28.6. The van der Waals surface area contributed by atoms with E-state index in [1.807, 2.05) is 19.1 Å². The zero-order chi connectivity index (χ0) is 23.5. The fourth-order valence-electron chi connectivity index (χ4n) is 3.67. The van der Waals surface area contributed by atoms with Gasteiger partial charge in [-0.3, -0.25) is 5.01 Å². The lowest BCUT2D eigenvalue weighted by atomic mass is 9.94. The van der Waals surface area contributed by atoms with Gasteiger partial charge in [0.1, 0.15) is 11.9 Å². The fraction of sp³-hybridized carbons (Fsp3) is 0.227. The molecule has 0 bridgehead atoms. The zero-order valence-electron chi connectivity index (χ0n) is 18.1. The number of hydrogen-bond acceptors (Lipinski definition) is 7. The van der Waals surface area contributed by atoms with Gasteiger partial charge in [0.25, 0.3) is 0 Å². The number of carbonyl (C=O) groups is 1. The number of nitrogen functional groups attached to an aromatic ring is 1. The molecule has 0 spiro atoms. The van der Waals surface area contributed by atoms with Crippen LogP contribution in [0.2, 0.25) is 0 Å². The highest BCUT2D eigenvalue weighted by atomic mass is 19.2. The molecule has 4 rings (SSSR count). The Morgan fingerprint density at radius 3 is 2.73 bits per heavy atom. The van der Waals surface area contributed by atoms with E-state index >= 15 is 0 Å². The van der Waals surface area contributed by atoms with E-state index in [9.17, 15) is 13.6 Å². The fourth-order valence-corrected chi connectivity index (χ4v) is 3.67. The highest BCUT2D eigenvalue weighted by Crippen LogP contribution is 2.32. The second kappa shape index (κ2) is 9.25. The molecule has 0 radical (unpaired) electrons. The number of amides is 2. The predicted octanol–water partition coefficient (Wildman–Crippen LogP) is 3.18. The summed E-state index contributed by atoms with van der Waals surface area (Å²) in [6.07, 6.45) is 4.32. The lowest BCUT2D eigenvalue weighted by molar-refractivity contribution is 0.186. The Balaban J connectivity index is 1.61. The van der Waals surface area contributed by atoms with Gasteiger partial charge in [-0.05, 0) is 36.8 Å². The number of nitrogens with one attached hydrogen (secondary N) is 4. The second-order valence-electron chi connectivity index (χ2n) is 7.61. The molecule has 0 fully saturated rings. The SMILES string of the molecule is CCNC(=O)Nc1ccc(-c2cnc(N)c(C3=NNNN3C3C(F)=C(F)C=CC3C)c2)cc1. The van der Waals surface area contributed by atoms with Gasteiger partial charge < -0.3 is 16.4 Å². The predicted molar refractivity (Wildman–Crippen MR) is 123 cm³/mol. The standard InChI is InChI=1S/C22H24F2N8O/c1-3-26-22(33)28-15-7-5-13(6-8-15)14-10-16(20(25)27-11-14)21-29-30-31-32(21)19-12(2)4-9-17(23)18(19)24/h4-12,19,30-31H,3H2,1-2H3,(H2,25,27)(H2,26,28,33). The highest BCUT2D eigenvalue weighted by Gasteiger charge is 2.37. The number of benzene rings is 1. The minimum absolute atomic E-state index is 0.186.